The normalized spacial score (nSPS) is 20.0. The molecule has 0 amide bonds. The molecule has 0 bridgehead atoms. The van der Waals surface area contributed by atoms with Gasteiger partial charge in [0.1, 0.15) is 10.7 Å². The van der Waals surface area contributed by atoms with Crippen LogP contribution in [-0.4, -0.2) is 78.1 Å². The standard InChI is InChI=1S/C23H29N5O5S/c29-23(21-13-17-3-6-24-16-22(17)33-21)26-14-18-1-2-20(15-25-18)34(30,31)28-9-7-27(8-10-28)19-4-11-32-12-5-19/h1-3,6,13,15-16,19,23,26,29H,4-5,7-12,14H2. The van der Waals surface area contributed by atoms with Crippen LogP contribution in [0.4, 0.5) is 0 Å². The number of aliphatic hydroxyl groups excluding tert-OH is 1. The zero-order chi connectivity index (χ0) is 23.5. The molecule has 2 N–H and O–H groups in total. The number of ether oxygens (including phenoxy) is 1. The Morgan fingerprint density at radius 2 is 1.91 bits per heavy atom. The highest BCUT2D eigenvalue weighted by atomic mass is 32.2. The zero-order valence-corrected chi connectivity index (χ0v) is 19.7. The van der Waals surface area contributed by atoms with Crippen LogP contribution in [0.2, 0.25) is 0 Å². The lowest BCUT2D eigenvalue weighted by Crippen LogP contribution is -2.52. The molecule has 0 spiro atoms. The van der Waals surface area contributed by atoms with Gasteiger partial charge in [-0.15, -0.1) is 0 Å². The van der Waals surface area contributed by atoms with Crippen molar-refractivity contribution >= 4 is 21.0 Å². The first-order valence-corrected chi connectivity index (χ1v) is 13.0. The average molecular weight is 488 g/mol. The van der Waals surface area contributed by atoms with Crippen molar-refractivity contribution in [3.8, 4) is 0 Å². The van der Waals surface area contributed by atoms with Crippen molar-refractivity contribution in [2.24, 2.45) is 0 Å². The molecule has 11 heteroatoms. The number of aliphatic hydroxyl groups is 1. The van der Waals surface area contributed by atoms with Gasteiger partial charge >= 0.3 is 0 Å². The molecule has 5 heterocycles. The number of hydrogen-bond acceptors (Lipinski definition) is 9. The molecule has 3 aromatic rings. The molecule has 2 aliphatic heterocycles. The third-order valence-corrected chi connectivity index (χ3v) is 8.39. The van der Waals surface area contributed by atoms with E-state index in [-0.39, 0.29) is 11.4 Å². The summed E-state index contributed by atoms with van der Waals surface area (Å²) in [5, 5.41) is 14.2. The van der Waals surface area contributed by atoms with E-state index >= 15 is 0 Å². The highest BCUT2D eigenvalue weighted by molar-refractivity contribution is 7.89. The van der Waals surface area contributed by atoms with Gasteiger partial charge in [0.2, 0.25) is 10.0 Å². The van der Waals surface area contributed by atoms with E-state index in [0.29, 0.717) is 36.2 Å². The molecule has 2 fully saturated rings. The molecule has 182 valence electrons. The second kappa shape index (κ2) is 10.1. The Labute approximate surface area is 198 Å². The predicted molar refractivity (Wildman–Crippen MR) is 124 cm³/mol. The number of hydrogen-bond donors (Lipinski definition) is 2. The van der Waals surface area contributed by atoms with Gasteiger partial charge in [0.15, 0.2) is 11.8 Å². The molecule has 2 saturated heterocycles. The number of fused-ring (bicyclic) bond motifs is 1. The molecule has 0 aliphatic carbocycles. The molecule has 10 nitrogen and oxygen atoms in total. The molecule has 0 saturated carbocycles. The fraction of sp³-hybridized carbons (Fsp3) is 0.478. The number of sulfonamides is 1. The Hall–Kier alpha value is -2.41. The molecule has 1 atom stereocenters. The Bertz CT molecular complexity index is 1170. The predicted octanol–water partition coefficient (Wildman–Crippen LogP) is 1.49. The van der Waals surface area contributed by atoms with Crippen LogP contribution in [-0.2, 0) is 21.3 Å². The Morgan fingerprint density at radius 3 is 2.62 bits per heavy atom. The van der Waals surface area contributed by atoms with Crippen molar-refractivity contribution in [2.75, 3.05) is 39.4 Å². The van der Waals surface area contributed by atoms with Crippen molar-refractivity contribution in [3.63, 3.8) is 0 Å². The van der Waals surface area contributed by atoms with Gasteiger partial charge in [-0.3, -0.25) is 20.2 Å². The molecule has 5 rings (SSSR count). The van der Waals surface area contributed by atoms with Gasteiger partial charge in [-0.2, -0.15) is 4.31 Å². The van der Waals surface area contributed by atoms with E-state index < -0.39 is 16.3 Å². The highest BCUT2D eigenvalue weighted by Gasteiger charge is 2.31. The first kappa shape index (κ1) is 23.3. The molecule has 1 unspecified atom stereocenters. The summed E-state index contributed by atoms with van der Waals surface area (Å²) in [6.07, 6.45) is 5.63. The van der Waals surface area contributed by atoms with Crippen LogP contribution < -0.4 is 5.32 Å². The van der Waals surface area contributed by atoms with E-state index in [1.807, 2.05) is 0 Å². The molecular weight excluding hydrogens is 458 g/mol. The summed E-state index contributed by atoms with van der Waals surface area (Å²) in [5.41, 5.74) is 1.21. The van der Waals surface area contributed by atoms with Crippen LogP contribution in [0.3, 0.4) is 0 Å². The molecule has 0 aromatic carbocycles. The van der Waals surface area contributed by atoms with Crippen molar-refractivity contribution in [3.05, 3.63) is 54.3 Å². The Balaban J connectivity index is 1.16. The van der Waals surface area contributed by atoms with Gasteiger partial charge in [0.25, 0.3) is 0 Å². The van der Waals surface area contributed by atoms with E-state index in [1.54, 1.807) is 36.7 Å². The second-order valence-corrected chi connectivity index (χ2v) is 10.6. The summed E-state index contributed by atoms with van der Waals surface area (Å²) >= 11 is 0. The first-order chi connectivity index (χ1) is 16.5. The first-order valence-electron chi connectivity index (χ1n) is 11.5. The van der Waals surface area contributed by atoms with E-state index in [2.05, 4.69) is 20.2 Å². The van der Waals surface area contributed by atoms with Gasteiger partial charge in [-0.05, 0) is 37.1 Å². The van der Waals surface area contributed by atoms with Crippen molar-refractivity contribution < 1.29 is 22.7 Å². The van der Waals surface area contributed by atoms with Gasteiger partial charge in [0, 0.05) is 69.8 Å². The molecule has 2 aliphatic rings. The lowest BCUT2D eigenvalue weighted by Gasteiger charge is -2.40. The Morgan fingerprint density at radius 1 is 1.12 bits per heavy atom. The number of pyridine rings is 2. The minimum atomic E-state index is -3.59. The summed E-state index contributed by atoms with van der Waals surface area (Å²) in [7, 11) is -3.59. The summed E-state index contributed by atoms with van der Waals surface area (Å²) < 4.78 is 38.8. The third-order valence-electron chi connectivity index (χ3n) is 6.50. The Kier molecular flexibility index (Phi) is 6.91. The second-order valence-electron chi connectivity index (χ2n) is 8.61. The van der Waals surface area contributed by atoms with Crippen molar-refractivity contribution in [2.45, 2.75) is 36.6 Å². The minimum Gasteiger partial charge on any atom is -0.455 e. The van der Waals surface area contributed by atoms with Crippen LogP contribution in [0.1, 0.15) is 30.5 Å². The van der Waals surface area contributed by atoms with E-state index in [1.165, 1.54) is 10.5 Å². The lowest BCUT2D eigenvalue weighted by molar-refractivity contribution is 0.0229. The fourth-order valence-electron chi connectivity index (χ4n) is 4.52. The SMILES string of the molecule is O=S(=O)(c1ccc(CNC(O)c2cc3ccncc3o2)nc1)N1CCN(C2CCOCC2)CC1. The minimum absolute atomic E-state index is 0.182. The maximum atomic E-state index is 13.1. The third kappa shape index (κ3) is 4.99. The molecular formula is C23H29N5O5S. The number of nitrogens with one attached hydrogen (secondary N) is 1. The lowest BCUT2D eigenvalue weighted by atomic mass is 10.1. The van der Waals surface area contributed by atoms with Crippen LogP contribution in [0.25, 0.3) is 11.0 Å². The monoisotopic (exact) mass is 487 g/mol. The van der Waals surface area contributed by atoms with Gasteiger partial charge in [-0.1, -0.05) is 0 Å². The van der Waals surface area contributed by atoms with Crippen molar-refractivity contribution in [1.82, 2.24) is 24.5 Å². The number of rotatable bonds is 7. The van der Waals surface area contributed by atoms with E-state index in [4.69, 9.17) is 9.15 Å². The fourth-order valence-corrected chi connectivity index (χ4v) is 5.89. The quantitative estimate of drug-likeness (QED) is 0.478. The summed E-state index contributed by atoms with van der Waals surface area (Å²) in [5.74, 6) is 0.377. The largest absolute Gasteiger partial charge is 0.455 e. The average Bonchev–Trinajstić information content (AvgIpc) is 3.33. The summed E-state index contributed by atoms with van der Waals surface area (Å²) in [4.78, 5) is 10.9. The van der Waals surface area contributed by atoms with Crippen LogP contribution in [0, 0.1) is 0 Å². The summed E-state index contributed by atoms with van der Waals surface area (Å²) in [6, 6.07) is 7.27. The van der Waals surface area contributed by atoms with Gasteiger partial charge in [-0.25, -0.2) is 8.42 Å². The van der Waals surface area contributed by atoms with Crippen LogP contribution in [0.5, 0.6) is 0 Å². The number of nitrogens with zero attached hydrogens (tertiary/aromatic N) is 4. The molecule has 34 heavy (non-hydrogen) atoms. The zero-order valence-electron chi connectivity index (χ0n) is 18.8. The number of furan rings is 1. The topological polar surface area (TPSA) is 121 Å². The highest BCUT2D eigenvalue weighted by Crippen LogP contribution is 2.23. The number of piperazine rings is 1. The van der Waals surface area contributed by atoms with Gasteiger partial charge < -0.3 is 14.3 Å². The number of aromatic nitrogens is 2. The maximum Gasteiger partial charge on any atom is 0.244 e. The maximum absolute atomic E-state index is 13.1. The van der Waals surface area contributed by atoms with Gasteiger partial charge in [0.05, 0.1) is 11.9 Å². The van der Waals surface area contributed by atoms with E-state index in [9.17, 15) is 13.5 Å². The van der Waals surface area contributed by atoms with Crippen LogP contribution in [0.15, 0.2) is 52.2 Å². The van der Waals surface area contributed by atoms with Crippen LogP contribution >= 0.6 is 0 Å². The smallest absolute Gasteiger partial charge is 0.244 e. The molecule has 3 aromatic heterocycles. The van der Waals surface area contributed by atoms with E-state index in [0.717, 1.165) is 44.5 Å². The summed E-state index contributed by atoms with van der Waals surface area (Å²) in [6.45, 7) is 4.22. The molecule has 0 radical (unpaired) electrons. The van der Waals surface area contributed by atoms with Crippen molar-refractivity contribution in [1.29, 1.82) is 0 Å².